The molecule has 148 valence electrons. The minimum absolute atomic E-state index is 0.0338. The highest BCUT2D eigenvalue weighted by Gasteiger charge is 2.27. The molecular weight excluding hydrogens is 372 g/mol. The molecule has 1 saturated heterocycles. The van der Waals surface area contributed by atoms with E-state index in [1.165, 1.54) is 0 Å². The van der Waals surface area contributed by atoms with E-state index in [1.807, 2.05) is 30.0 Å². The fraction of sp³-hybridized carbons (Fsp3) is 0.476. The maximum absolute atomic E-state index is 13.4. The second kappa shape index (κ2) is 9.18. The van der Waals surface area contributed by atoms with Crippen LogP contribution in [-0.2, 0) is 17.7 Å². The number of benzene rings is 1. The van der Waals surface area contributed by atoms with E-state index in [-0.39, 0.29) is 6.03 Å². The van der Waals surface area contributed by atoms with Crippen LogP contribution in [0.15, 0.2) is 24.3 Å². The molecule has 2 heterocycles. The first-order valence-corrected chi connectivity index (χ1v) is 10.4. The van der Waals surface area contributed by atoms with Crippen molar-refractivity contribution in [3.8, 4) is 6.07 Å². The Morgan fingerprint density at radius 2 is 2.14 bits per heavy atom. The summed E-state index contributed by atoms with van der Waals surface area (Å²) in [6, 6.07) is 9.55. The molecule has 28 heavy (non-hydrogen) atoms. The van der Waals surface area contributed by atoms with Gasteiger partial charge in [0.05, 0.1) is 42.1 Å². The average Bonchev–Trinajstić information content (AvgIpc) is 3.05. The Kier molecular flexibility index (Phi) is 6.65. The highest BCUT2D eigenvalue weighted by atomic mass is 32.1. The first-order chi connectivity index (χ1) is 13.5. The minimum atomic E-state index is -0.0338. The summed E-state index contributed by atoms with van der Waals surface area (Å²) in [6.07, 6.45) is 0.898. The molecule has 1 aliphatic rings. The van der Waals surface area contributed by atoms with Crippen molar-refractivity contribution in [1.82, 2.24) is 9.88 Å². The fourth-order valence-electron chi connectivity index (χ4n) is 3.20. The van der Waals surface area contributed by atoms with Gasteiger partial charge in [-0.3, -0.25) is 4.90 Å². The van der Waals surface area contributed by atoms with Gasteiger partial charge in [0.15, 0.2) is 0 Å². The van der Waals surface area contributed by atoms with Gasteiger partial charge in [0.1, 0.15) is 5.00 Å². The van der Waals surface area contributed by atoms with E-state index in [9.17, 15) is 10.1 Å². The molecule has 0 radical (unpaired) electrons. The number of aromatic nitrogens is 1. The maximum Gasteiger partial charge on any atom is 0.325 e. The van der Waals surface area contributed by atoms with Crippen LogP contribution in [0.25, 0.3) is 0 Å². The normalized spacial score (nSPS) is 14.2. The number of urea groups is 1. The molecule has 1 aliphatic heterocycles. The summed E-state index contributed by atoms with van der Waals surface area (Å²) >= 11 is 1.59. The highest BCUT2D eigenvalue weighted by molar-refractivity contribution is 7.16. The molecule has 2 aromatic rings. The number of ether oxygens (including phenoxy) is 1. The maximum atomic E-state index is 13.4. The summed E-state index contributed by atoms with van der Waals surface area (Å²) < 4.78 is 5.40. The predicted octanol–water partition coefficient (Wildman–Crippen LogP) is 3.98. The van der Waals surface area contributed by atoms with E-state index < -0.39 is 0 Å². The van der Waals surface area contributed by atoms with Gasteiger partial charge >= 0.3 is 6.03 Å². The molecule has 0 unspecified atom stereocenters. The lowest BCUT2D eigenvalue weighted by Crippen LogP contribution is -2.48. The van der Waals surface area contributed by atoms with Crippen molar-refractivity contribution in [2.45, 2.75) is 33.7 Å². The van der Waals surface area contributed by atoms with Gasteiger partial charge in [0.2, 0.25) is 0 Å². The topological polar surface area (TPSA) is 69.5 Å². The number of hydrogen-bond donors (Lipinski definition) is 0. The molecule has 1 fully saturated rings. The number of nitrogens with zero attached hydrogens (tertiary/aromatic N) is 4. The number of anilines is 1. The van der Waals surface area contributed by atoms with E-state index in [1.54, 1.807) is 22.3 Å². The van der Waals surface area contributed by atoms with E-state index in [4.69, 9.17) is 9.72 Å². The molecule has 3 rings (SSSR count). The van der Waals surface area contributed by atoms with Crippen LogP contribution in [0.1, 0.15) is 35.7 Å². The second-order valence-corrected chi connectivity index (χ2v) is 8.44. The molecule has 2 amide bonds. The summed E-state index contributed by atoms with van der Waals surface area (Å²) in [6.45, 7) is 9.00. The van der Waals surface area contributed by atoms with Gasteiger partial charge in [0, 0.05) is 19.5 Å². The Bertz CT molecular complexity index is 866. The van der Waals surface area contributed by atoms with Crippen molar-refractivity contribution < 1.29 is 9.53 Å². The number of thiazole rings is 1. The second-order valence-electron chi connectivity index (χ2n) is 7.38. The first-order valence-electron chi connectivity index (χ1n) is 9.57. The number of morpholine rings is 1. The van der Waals surface area contributed by atoms with Crippen molar-refractivity contribution in [3.63, 3.8) is 0 Å². The average molecular weight is 399 g/mol. The number of nitriles is 1. The van der Waals surface area contributed by atoms with Crippen molar-refractivity contribution in [2.75, 3.05) is 31.2 Å². The molecule has 1 aromatic heterocycles. The number of rotatable bonds is 5. The molecule has 0 bridgehead atoms. The monoisotopic (exact) mass is 398 g/mol. The molecule has 1 aromatic carbocycles. The predicted molar refractivity (Wildman–Crippen MR) is 111 cm³/mol. The molecular formula is C21H26N4O2S. The van der Waals surface area contributed by atoms with Gasteiger partial charge in [-0.05, 0) is 30.5 Å². The molecule has 0 saturated carbocycles. The number of aryl methyl sites for hydroxylation is 1. The van der Waals surface area contributed by atoms with E-state index in [0.29, 0.717) is 44.3 Å². The van der Waals surface area contributed by atoms with Gasteiger partial charge in [-0.15, -0.1) is 11.3 Å². The highest BCUT2D eigenvalue weighted by Crippen LogP contribution is 2.32. The van der Waals surface area contributed by atoms with Crippen molar-refractivity contribution >= 4 is 22.4 Å². The third kappa shape index (κ3) is 4.89. The van der Waals surface area contributed by atoms with Crippen LogP contribution >= 0.6 is 11.3 Å². The summed E-state index contributed by atoms with van der Waals surface area (Å²) in [5.41, 5.74) is 2.40. The van der Waals surface area contributed by atoms with Crippen molar-refractivity contribution in [1.29, 1.82) is 5.26 Å². The Morgan fingerprint density at radius 1 is 1.39 bits per heavy atom. The zero-order chi connectivity index (χ0) is 20.1. The molecule has 0 atom stereocenters. The zero-order valence-corrected chi connectivity index (χ0v) is 17.5. The Hall–Kier alpha value is -2.43. The summed E-state index contributed by atoms with van der Waals surface area (Å²) in [5.74, 6) is 0.508. The van der Waals surface area contributed by atoms with Gasteiger partial charge in [-0.25, -0.2) is 9.78 Å². The standard InChI is InChI=1S/C21H26N4O2S/c1-15(2)11-19-23-16(3)20(28-19)25(21(26)24-7-9-27-10-8-24)14-18-6-4-5-17(12-18)13-22/h4-6,12,15H,7-11,14H2,1-3H3. The van der Waals surface area contributed by atoms with Gasteiger partial charge < -0.3 is 9.64 Å². The molecule has 6 nitrogen and oxygen atoms in total. The smallest absolute Gasteiger partial charge is 0.325 e. The summed E-state index contributed by atoms with van der Waals surface area (Å²) in [5, 5.41) is 11.1. The van der Waals surface area contributed by atoms with E-state index in [0.717, 1.165) is 27.7 Å². The molecule has 7 heteroatoms. The van der Waals surface area contributed by atoms with E-state index in [2.05, 4.69) is 19.9 Å². The minimum Gasteiger partial charge on any atom is -0.378 e. The van der Waals surface area contributed by atoms with Gasteiger partial charge in [0.25, 0.3) is 0 Å². The van der Waals surface area contributed by atoms with Gasteiger partial charge in [-0.2, -0.15) is 5.26 Å². The molecule has 0 aliphatic carbocycles. The van der Waals surface area contributed by atoms with Crippen LogP contribution in [0.5, 0.6) is 0 Å². The van der Waals surface area contributed by atoms with Crippen LogP contribution in [-0.4, -0.2) is 42.2 Å². The summed E-state index contributed by atoms with van der Waals surface area (Å²) in [7, 11) is 0. The lowest BCUT2D eigenvalue weighted by atomic mass is 10.1. The number of carbonyl (C=O) groups excluding carboxylic acids is 1. The number of carbonyl (C=O) groups is 1. The SMILES string of the molecule is Cc1nc(CC(C)C)sc1N(Cc1cccc(C#N)c1)C(=O)N1CCOCC1. The van der Waals surface area contributed by atoms with Crippen LogP contribution in [0.4, 0.5) is 9.80 Å². The van der Waals surface area contributed by atoms with Crippen molar-refractivity contribution in [2.24, 2.45) is 5.92 Å². The molecule has 0 spiro atoms. The fourth-order valence-corrected chi connectivity index (χ4v) is 4.47. The third-order valence-electron chi connectivity index (χ3n) is 4.55. The van der Waals surface area contributed by atoms with Crippen molar-refractivity contribution in [3.05, 3.63) is 46.1 Å². The van der Waals surface area contributed by atoms with Crippen LogP contribution in [0.2, 0.25) is 0 Å². The summed E-state index contributed by atoms with van der Waals surface area (Å²) in [4.78, 5) is 21.7. The lowest BCUT2D eigenvalue weighted by molar-refractivity contribution is 0.0548. The Morgan fingerprint density at radius 3 is 2.82 bits per heavy atom. The van der Waals surface area contributed by atoms with Crippen LogP contribution in [0, 0.1) is 24.2 Å². The molecule has 0 N–H and O–H groups in total. The zero-order valence-electron chi connectivity index (χ0n) is 16.6. The van der Waals surface area contributed by atoms with Gasteiger partial charge in [-0.1, -0.05) is 26.0 Å². The lowest BCUT2D eigenvalue weighted by Gasteiger charge is -2.32. The van der Waals surface area contributed by atoms with Crippen LogP contribution in [0.3, 0.4) is 0 Å². The van der Waals surface area contributed by atoms with Crippen LogP contribution < -0.4 is 4.90 Å². The number of hydrogen-bond acceptors (Lipinski definition) is 5. The third-order valence-corrected chi connectivity index (χ3v) is 5.76. The largest absolute Gasteiger partial charge is 0.378 e. The quantitative estimate of drug-likeness (QED) is 0.764. The number of amides is 2. The Balaban J connectivity index is 1.93. The Labute approximate surface area is 170 Å². The first kappa shape index (κ1) is 20.3. The van der Waals surface area contributed by atoms with E-state index >= 15 is 0 Å².